The monoisotopic (exact) mass is 369 g/mol. The fourth-order valence-electron chi connectivity index (χ4n) is 2.65. The van der Waals surface area contributed by atoms with E-state index in [2.05, 4.69) is 10.3 Å². The number of fused-ring (bicyclic) bond motifs is 1. The fraction of sp³-hybridized carbons (Fsp3) is 0.211. The van der Waals surface area contributed by atoms with E-state index in [1.807, 2.05) is 12.1 Å². The second kappa shape index (κ2) is 7.88. The average Bonchev–Trinajstić information content (AvgIpc) is 3.00. The summed E-state index contributed by atoms with van der Waals surface area (Å²) >= 11 is 0. The van der Waals surface area contributed by atoms with Crippen molar-refractivity contribution in [3.05, 3.63) is 59.6 Å². The van der Waals surface area contributed by atoms with Crippen molar-refractivity contribution in [3.63, 3.8) is 0 Å². The summed E-state index contributed by atoms with van der Waals surface area (Å²) in [5.41, 5.74) is 6.89. The number of aliphatic hydroxyl groups is 1. The van der Waals surface area contributed by atoms with Crippen LogP contribution in [0.4, 0.5) is 0 Å². The third-order valence-corrected chi connectivity index (χ3v) is 4.05. The lowest BCUT2D eigenvalue weighted by Crippen LogP contribution is -2.46. The number of aryl methyl sites for hydroxylation is 1. The predicted molar refractivity (Wildman–Crippen MR) is 97.1 cm³/mol. The minimum atomic E-state index is -1.17. The van der Waals surface area contributed by atoms with Crippen LogP contribution in [-0.2, 0) is 11.4 Å². The summed E-state index contributed by atoms with van der Waals surface area (Å²) in [5, 5.41) is 12.1. The maximum atomic E-state index is 12.6. The third-order valence-electron chi connectivity index (χ3n) is 4.05. The Morgan fingerprint density at radius 1 is 1.30 bits per heavy atom. The van der Waals surface area contributed by atoms with Gasteiger partial charge in [-0.2, -0.15) is 0 Å². The second-order valence-electron chi connectivity index (χ2n) is 5.95. The van der Waals surface area contributed by atoms with E-state index in [0.29, 0.717) is 29.1 Å². The lowest BCUT2D eigenvalue weighted by molar-refractivity contribution is -0.120. The van der Waals surface area contributed by atoms with Gasteiger partial charge >= 0.3 is 0 Å². The molecule has 27 heavy (non-hydrogen) atoms. The number of carbonyl (C=O) groups is 2. The first-order valence-corrected chi connectivity index (χ1v) is 8.25. The van der Waals surface area contributed by atoms with Crippen LogP contribution >= 0.6 is 0 Å². The number of furan rings is 1. The molecule has 0 spiro atoms. The molecule has 0 saturated carbocycles. The Kier molecular flexibility index (Phi) is 5.37. The molecule has 1 atom stereocenters. The topological polar surface area (TPSA) is 128 Å². The quantitative estimate of drug-likeness (QED) is 0.576. The van der Waals surface area contributed by atoms with Crippen molar-refractivity contribution in [3.8, 4) is 5.75 Å². The van der Waals surface area contributed by atoms with Crippen LogP contribution in [0.3, 0.4) is 0 Å². The zero-order valence-electron chi connectivity index (χ0n) is 14.6. The number of hydrogen-bond acceptors (Lipinski definition) is 6. The molecular formula is C19H19N3O5. The van der Waals surface area contributed by atoms with E-state index in [-0.39, 0.29) is 5.56 Å². The molecule has 2 aromatic heterocycles. The van der Waals surface area contributed by atoms with Gasteiger partial charge in [0, 0.05) is 17.8 Å². The molecule has 0 aliphatic heterocycles. The number of amides is 2. The summed E-state index contributed by atoms with van der Waals surface area (Å²) in [4.78, 5) is 27.8. The zero-order chi connectivity index (χ0) is 19.4. The fourth-order valence-corrected chi connectivity index (χ4v) is 2.65. The van der Waals surface area contributed by atoms with Gasteiger partial charge in [0.15, 0.2) is 0 Å². The van der Waals surface area contributed by atoms with Crippen LogP contribution in [0.25, 0.3) is 11.0 Å². The highest BCUT2D eigenvalue weighted by Gasteiger charge is 2.23. The Hall–Kier alpha value is -3.39. The van der Waals surface area contributed by atoms with Gasteiger partial charge in [-0.05, 0) is 42.8 Å². The number of benzene rings is 1. The number of aliphatic hydroxyl groups excluding tert-OH is 1. The summed E-state index contributed by atoms with van der Waals surface area (Å²) < 4.78 is 11.4. The van der Waals surface area contributed by atoms with Gasteiger partial charge in [-0.3, -0.25) is 14.6 Å². The van der Waals surface area contributed by atoms with Gasteiger partial charge in [0.05, 0.1) is 12.2 Å². The van der Waals surface area contributed by atoms with E-state index in [4.69, 9.17) is 14.9 Å². The standard InChI is InChI=1S/C19H19N3O5/c1-11-17(19(25)22-15(9-23)18(20)24)14-8-13(2-3-16(14)27-11)26-10-12-4-6-21-7-5-12/h2-8,15,23H,9-10H2,1H3,(H2,20,24)(H,22,25). The van der Waals surface area contributed by atoms with Crippen molar-refractivity contribution < 1.29 is 23.8 Å². The molecule has 0 aliphatic rings. The van der Waals surface area contributed by atoms with E-state index in [1.54, 1.807) is 37.5 Å². The van der Waals surface area contributed by atoms with E-state index in [9.17, 15) is 14.7 Å². The molecule has 2 amide bonds. The van der Waals surface area contributed by atoms with Gasteiger partial charge in [0.25, 0.3) is 5.91 Å². The molecule has 0 radical (unpaired) electrons. The largest absolute Gasteiger partial charge is 0.489 e. The first-order chi connectivity index (χ1) is 13.0. The van der Waals surface area contributed by atoms with Crippen molar-refractivity contribution in [2.24, 2.45) is 5.73 Å². The molecular weight excluding hydrogens is 350 g/mol. The van der Waals surface area contributed by atoms with Gasteiger partial charge in [-0.25, -0.2) is 0 Å². The van der Waals surface area contributed by atoms with Crippen molar-refractivity contribution in [1.29, 1.82) is 0 Å². The molecule has 2 heterocycles. The lowest BCUT2D eigenvalue weighted by Gasteiger charge is -2.12. The number of rotatable bonds is 7. The van der Waals surface area contributed by atoms with Gasteiger partial charge < -0.3 is 25.3 Å². The van der Waals surface area contributed by atoms with Crippen LogP contribution in [0.5, 0.6) is 5.75 Å². The first-order valence-electron chi connectivity index (χ1n) is 8.25. The Bertz CT molecular complexity index is 968. The van der Waals surface area contributed by atoms with E-state index in [0.717, 1.165) is 5.56 Å². The number of carbonyl (C=O) groups excluding carboxylic acids is 2. The third kappa shape index (κ3) is 4.06. The number of ether oxygens (including phenoxy) is 1. The second-order valence-corrected chi connectivity index (χ2v) is 5.95. The Balaban J connectivity index is 1.86. The first kappa shape index (κ1) is 18.4. The van der Waals surface area contributed by atoms with Crippen molar-refractivity contribution >= 4 is 22.8 Å². The van der Waals surface area contributed by atoms with Crippen LogP contribution < -0.4 is 15.8 Å². The zero-order valence-corrected chi connectivity index (χ0v) is 14.6. The highest BCUT2D eigenvalue weighted by Crippen LogP contribution is 2.29. The molecule has 1 unspecified atom stereocenters. The molecule has 3 rings (SSSR count). The number of aromatic nitrogens is 1. The van der Waals surface area contributed by atoms with E-state index in [1.165, 1.54) is 0 Å². The average molecular weight is 369 g/mol. The normalized spacial score (nSPS) is 11.9. The SMILES string of the molecule is Cc1oc2ccc(OCc3ccncc3)cc2c1C(=O)NC(CO)C(N)=O. The molecule has 0 saturated heterocycles. The molecule has 0 fully saturated rings. The van der Waals surface area contributed by atoms with Gasteiger partial charge in [-0.1, -0.05) is 0 Å². The summed E-state index contributed by atoms with van der Waals surface area (Å²) in [6.07, 6.45) is 3.36. The minimum absolute atomic E-state index is 0.263. The lowest BCUT2D eigenvalue weighted by atomic mass is 10.1. The number of nitrogens with one attached hydrogen (secondary N) is 1. The Morgan fingerprint density at radius 2 is 2.04 bits per heavy atom. The summed E-state index contributed by atoms with van der Waals surface area (Å²) in [6.45, 7) is 1.40. The molecule has 3 aromatic rings. The smallest absolute Gasteiger partial charge is 0.256 e. The highest BCUT2D eigenvalue weighted by atomic mass is 16.5. The van der Waals surface area contributed by atoms with Crippen LogP contribution in [0.15, 0.2) is 47.1 Å². The summed E-state index contributed by atoms with van der Waals surface area (Å²) in [7, 11) is 0. The molecule has 140 valence electrons. The summed E-state index contributed by atoms with van der Waals surface area (Å²) in [6, 6.07) is 7.66. The maximum absolute atomic E-state index is 12.6. The molecule has 4 N–H and O–H groups in total. The number of pyridine rings is 1. The van der Waals surface area contributed by atoms with Crippen LogP contribution in [0.2, 0.25) is 0 Å². The van der Waals surface area contributed by atoms with Gasteiger partial charge in [0.2, 0.25) is 5.91 Å². The van der Waals surface area contributed by atoms with Crippen molar-refractivity contribution in [2.45, 2.75) is 19.6 Å². The Labute approximate surface area is 154 Å². The number of nitrogens with two attached hydrogens (primary N) is 1. The van der Waals surface area contributed by atoms with Crippen LogP contribution in [0.1, 0.15) is 21.7 Å². The highest BCUT2D eigenvalue weighted by molar-refractivity contribution is 6.08. The number of hydrogen-bond donors (Lipinski definition) is 3. The Morgan fingerprint density at radius 3 is 2.70 bits per heavy atom. The maximum Gasteiger partial charge on any atom is 0.256 e. The molecule has 1 aromatic carbocycles. The summed E-state index contributed by atoms with van der Waals surface area (Å²) in [5.74, 6) is -0.439. The molecule has 8 nitrogen and oxygen atoms in total. The van der Waals surface area contributed by atoms with E-state index >= 15 is 0 Å². The van der Waals surface area contributed by atoms with Crippen molar-refractivity contribution in [2.75, 3.05) is 6.61 Å². The van der Waals surface area contributed by atoms with E-state index < -0.39 is 24.5 Å². The molecule has 0 aliphatic carbocycles. The number of primary amides is 1. The van der Waals surface area contributed by atoms with Gasteiger partial charge in [0.1, 0.15) is 29.7 Å². The van der Waals surface area contributed by atoms with Crippen LogP contribution in [-0.4, -0.2) is 34.6 Å². The van der Waals surface area contributed by atoms with Crippen LogP contribution in [0, 0.1) is 6.92 Å². The van der Waals surface area contributed by atoms with Crippen molar-refractivity contribution in [1.82, 2.24) is 10.3 Å². The minimum Gasteiger partial charge on any atom is -0.489 e. The number of nitrogens with zero attached hydrogens (tertiary/aromatic N) is 1. The van der Waals surface area contributed by atoms with Gasteiger partial charge in [-0.15, -0.1) is 0 Å². The molecule has 8 heteroatoms. The predicted octanol–water partition coefficient (Wildman–Crippen LogP) is 1.29. The molecule has 0 bridgehead atoms.